The second kappa shape index (κ2) is 6.45. The molecule has 1 aliphatic heterocycles. The van der Waals surface area contributed by atoms with E-state index in [0.29, 0.717) is 5.92 Å². The van der Waals surface area contributed by atoms with E-state index in [1.54, 1.807) is 0 Å². The number of hydrogen-bond donors (Lipinski definition) is 0. The third kappa shape index (κ3) is 3.32. The van der Waals surface area contributed by atoms with Gasteiger partial charge < -0.3 is 0 Å². The average molecular weight is 327 g/mol. The Bertz CT molecular complexity index is 712. The van der Waals surface area contributed by atoms with Crippen LogP contribution in [0.5, 0.6) is 0 Å². The number of rotatable bonds is 3. The lowest BCUT2D eigenvalue weighted by Gasteiger charge is -2.37. The zero-order chi connectivity index (χ0) is 16.4. The van der Waals surface area contributed by atoms with Gasteiger partial charge in [-0.05, 0) is 62.0 Å². The number of halogens is 1. The van der Waals surface area contributed by atoms with E-state index in [9.17, 15) is 0 Å². The van der Waals surface area contributed by atoms with Gasteiger partial charge in [0.1, 0.15) is 0 Å². The van der Waals surface area contributed by atoms with Crippen molar-refractivity contribution in [3.8, 4) is 0 Å². The van der Waals surface area contributed by atoms with Crippen LogP contribution < -0.4 is 0 Å². The van der Waals surface area contributed by atoms with Crippen LogP contribution in [0.2, 0.25) is 0 Å². The lowest BCUT2D eigenvalue weighted by molar-refractivity contribution is 0.345. The highest BCUT2D eigenvalue weighted by molar-refractivity contribution is 6.49. The second-order valence-corrected chi connectivity index (χ2v) is 6.99. The van der Waals surface area contributed by atoms with E-state index in [1.165, 1.54) is 5.57 Å². The summed E-state index contributed by atoms with van der Waals surface area (Å²) in [6.07, 6.45) is 7.32. The molecule has 1 aliphatic carbocycles. The standard InChI is InChI=1S/C20H23ClN2/c1-4-14-13-20(3,5-2)23-19-17(14)11-16(12-18(19)21)22-15-9-7-6-8-10-15/h6-12,14H,4-5,13H2,1-3H3. The summed E-state index contributed by atoms with van der Waals surface area (Å²) in [6.45, 7) is 6.68. The van der Waals surface area contributed by atoms with Crippen molar-refractivity contribution in [1.82, 2.24) is 0 Å². The van der Waals surface area contributed by atoms with Gasteiger partial charge in [-0.25, -0.2) is 4.99 Å². The first kappa shape index (κ1) is 16.2. The first-order valence-corrected chi connectivity index (χ1v) is 8.75. The van der Waals surface area contributed by atoms with Crippen molar-refractivity contribution in [3.63, 3.8) is 0 Å². The van der Waals surface area contributed by atoms with Crippen LogP contribution in [0.4, 0.5) is 5.69 Å². The molecule has 1 aromatic rings. The van der Waals surface area contributed by atoms with Crippen LogP contribution in [0.15, 0.2) is 63.1 Å². The summed E-state index contributed by atoms with van der Waals surface area (Å²) in [6, 6.07) is 9.99. The summed E-state index contributed by atoms with van der Waals surface area (Å²) in [4.78, 5) is 9.68. The normalized spacial score (nSPS) is 28.8. The maximum atomic E-state index is 6.57. The van der Waals surface area contributed by atoms with Gasteiger partial charge in [0.2, 0.25) is 0 Å². The first-order valence-electron chi connectivity index (χ1n) is 8.38. The van der Waals surface area contributed by atoms with Crippen LogP contribution in [0.25, 0.3) is 0 Å². The predicted molar refractivity (Wildman–Crippen MR) is 100 cm³/mol. The first-order chi connectivity index (χ1) is 11.0. The van der Waals surface area contributed by atoms with Gasteiger partial charge in [0.05, 0.1) is 27.7 Å². The molecular formula is C20H23ClN2. The summed E-state index contributed by atoms with van der Waals surface area (Å²) in [5.41, 5.74) is 4.08. The van der Waals surface area contributed by atoms with E-state index in [4.69, 9.17) is 21.6 Å². The van der Waals surface area contributed by atoms with Crippen molar-refractivity contribution < 1.29 is 0 Å². The Morgan fingerprint density at radius 2 is 1.96 bits per heavy atom. The highest BCUT2D eigenvalue weighted by atomic mass is 35.5. The van der Waals surface area contributed by atoms with Crippen LogP contribution in [-0.4, -0.2) is 17.0 Å². The smallest absolute Gasteiger partial charge is 0.0803 e. The Morgan fingerprint density at radius 1 is 1.22 bits per heavy atom. The van der Waals surface area contributed by atoms with Crippen LogP contribution in [0, 0.1) is 5.92 Å². The fraction of sp³-hybridized carbons (Fsp3) is 0.400. The predicted octanol–water partition coefficient (Wildman–Crippen LogP) is 5.86. The molecule has 1 aromatic carbocycles. The van der Waals surface area contributed by atoms with Crippen molar-refractivity contribution >= 4 is 28.7 Å². The van der Waals surface area contributed by atoms with E-state index < -0.39 is 0 Å². The van der Waals surface area contributed by atoms with Gasteiger partial charge in [0.25, 0.3) is 0 Å². The molecule has 2 atom stereocenters. The molecular weight excluding hydrogens is 304 g/mol. The summed E-state index contributed by atoms with van der Waals surface area (Å²) >= 11 is 6.57. The number of aliphatic imine (C=N–C) groups is 2. The molecule has 120 valence electrons. The summed E-state index contributed by atoms with van der Waals surface area (Å²) in [5, 5.41) is 0.718. The zero-order valence-electron chi connectivity index (χ0n) is 14.0. The van der Waals surface area contributed by atoms with Crippen LogP contribution in [0.3, 0.4) is 0 Å². The molecule has 0 amide bonds. The highest BCUT2D eigenvalue weighted by Gasteiger charge is 2.36. The number of benzene rings is 1. The number of hydrogen-bond acceptors (Lipinski definition) is 2. The number of para-hydroxylation sites is 1. The van der Waals surface area contributed by atoms with E-state index in [2.05, 4.69) is 26.8 Å². The monoisotopic (exact) mass is 326 g/mol. The topological polar surface area (TPSA) is 24.7 Å². The van der Waals surface area contributed by atoms with Gasteiger partial charge in [-0.15, -0.1) is 0 Å². The molecule has 0 radical (unpaired) electrons. The second-order valence-electron chi connectivity index (χ2n) is 6.58. The lowest BCUT2D eigenvalue weighted by atomic mass is 9.75. The zero-order valence-corrected chi connectivity index (χ0v) is 14.8. The van der Waals surface area contributed by atoms with Crippen LogP contribution in [-0.2, 0) is 0 Å². The summed E-state index contributed by atoms with van der Waals surface area (Å²) < 4.78 is 0. The molecule has 0 N–H and O–H groups in total. The maximum Gasteiger partial charge on any atom is 0.0803 e. The Labute approximate surface area is 143 Å². The molecule has 2 unspecified atom stereocenters. The van der Waals surface area contributed by atoms with Gasteiger partial charge in [-0.3, -0.25) is 4.99 Å². The van der Waals surface area contributed by atoms with Crippen molar-refractivity contribution in [3.05, 3.63) is 53.1 Å². The van der Waals surface area contributed by atoms with Crippen molar-refractivity contribution in [2.75, 3.05) is 0 Å². The van der Waals surface area contributed by atoms with Gasteiger partial charge in [-0.2, -0.15) is 0 Å². The molecule has 0 fully saturated rings. The minimum absolute atomic E-state index is 0.00456. The molecule has 0 saturated heterocycles. The third-order valence-corrected chi connectivity index (χ3v) is 5.14. The van der Waals surface area contributed by atoms with Gasteiger partial charge in [0, 0.05) is 0 Å². The van der Waals surface area contributed by atoms with E-state index >= 15 is 0 Å². The summed E-state index contributed by atoms with van der Waals surface area (Å²) in [7, 11) is 0. The highest BCUT2D eigenvalue weighted by Crippen LogP contribution is 2.40. The fourth-order valence-electron chi connectivity index (χ4n) is 3.29. The Balaban J connectivity index is 2.04. The third-order valence-electron chi connectivity index (χ3n) is 4.85. The molecule has 0 aromatic heterocycles. The number of fused-ring (bicyclic) bond motifs is 1. The molecule has 2 nitrogen and oxygen atoms in total. The molecule has 3 rings (SSSR count). The van der Waals surface area contributed by atoms with Crippen LogP contribution in [0.1, 0.15) is 40.0 Å². The molecule has 3 heteroatoms. The number of nitrogens with zero attached hydrogens (tertiary/aromatic N) is 2. The van der Waals surface area contributed by atoms with Gasteiger partial charge in [0.15, 0.2) is 0 Å². The molecule has 0 spiro atoms. The molecule has 0 bridgehead atoms. The van der Waals surface area contributed by atoms with Crippen molar-refractivity contribution in [2.45, 2.75) is 45.6 Å². The number of allylic oxidation sites excluding steroid dienone is 4. The molecule has 0 saturated carbocycles. The van der Waals surface area contributed by atoms with E-state index in [0.717, 1.165) is 41.4 Å². The van der Waals surface area contributed by atoms with Crippen LogP contribution >= 0.6 is 11.6 Å². The largest absolute Gasteiger partial charge is 0.277 e. The molecule has 2 aliphatic rings. The fourth-order valence-corrected chi connectivity index (χ4v) is 3.56. The van der Waals surface area contributed by atoms with E-state index in [1.807, 2.05) is 36.4 Å². The Morgan fingerprint density at radius 3 is 2.61 bits per heavy atom. The SMILES string of the molecule is CCC1CC(C)(CC)N=C2C(Cl)=CC(=Nc3ccccc3)C=C21. The van der Waals surface area contributed by atoms with Crippen molar-refractivity contribution in [1.29, 1.82) is 0 Å². The quantitative estimate of drug-likeness (QED) is 0.621. The molecule has 23 heavy (non-hydrogen) atoms. The van der Waals surface area contributed by atoms with Gasteiger partial charge >= 0.3 is 0 Å². The Hall–Kier alpha value is -1.67. The Kier molecular flexibility index (Phi) is 4.54. The minimum Gasteiger partial charge on any atom is -0.277 e. The lowest BCUT2D eigenvalue weighted by Crippen LogP contribution is -2.35. The van der Waals surface area contributed by atoms with E-state index in [-0.39, 0.29) is 5.54 Å². The average Bonchev–Trinajstić information content (AvgIpc) is 2.56. The summed E-state index contributed by atoms with van der Waals surface area (Å²) in [5.74, 6) is 0.496. The maximum absolute atomic E-state index is 6.57. The minimum atomic E-state index is -0.00456. The molecule has 1 heterocycles. The van der Waals surface area contributed by atoms with Crippen molar-refractivity contribution in [2.24, 2.45) is 15.9 Å². The van der Waals surface area contributed by atoms with Gasteiger partial charge in [-0.1, -0.05) is 43.6 Å².